The fraction of sp³-hybridized carbons (Fsp3) is 0.462. The lowest BCUT2D eigenvalue weighted by molar-refractivity contribution is -0.400. The highest BCUT2D eigenvalue weighted by molar-refractivity contribution is 5.69. The Bertz CT molecular complexity index is 1010. The largest absolute Gasteiger partial charge is 0.430 e. The maximum absolute atomic E-state index is 14.0. The van der Waals surface area contributed by atoms with E-state index in [-0.39, 0.29) is 11.6 Å². The minimum absolute atomic E-state index is 0.117. The fourth-order valence-corrected chi connectivity index (χ4v) is 4.52. The summed E-state index contributed by atoms with van der Waals surface area (Å²) in [5.41, 5.74) is -3.59. The van der Waals surface area contributed by atoms with Gasteiger partial charge in [-0.05, 0) is 37.1 Å². The van der Waals surface area contributed by atoms with Crippen LogP contribution in [0.25, 0.3) is 6.08 Å². The first-order valence-corrected chi connectivity index (χ1v) is 11.5. The molecular weight excluding hydrogens is 486 g/mol. The number of hydrogen-bond donors (Lipinski definition) is 0. The summed E-state index contributed by atoms with van der Waals surface area (Å²) in [6, 6.07) is 13.2. The Morgan fingerprint density at radius 3 is 2.19 bits per heavy atom. The van der Waals surface area contributed by atoms with Crippen molar-refractivity contribution >= 4 is 11.8 Å². The molecule has 0 aliphatic carbocycles. The van der Waals surface area contributed by atoms with Crippen molar-refractivity contribution < 1.29 is 35.8 Å². The van der Waals surface area contributed by atoms with Crippen molar-refractivity contribution in [2.75, 3.05) is 38.4 Å². The molecule has 0 unspecified atom stereocenters. The van der Waals surface area contributed by atoms with Gasteiger partial charge in [-0.3, -0.25) is 4.90 Å². The van der Waals surface area contributed by atoms with Crippen LogP contribution in [0.3, 0.4) is 0 Å². The number of alkyl halides is 6. The van der Waals surface area contributed by atoms with E-state index in [4.69, 9.17) is 0 Å². The van der Waals surface area contributed by atoms with Crippen LogP contribution in [0.2, 0.25) is 0 Å². The van der Waals surface area contributed by atoms with Gasteiger partial charge in [-0.1, -0.05) is 48.6 Å². The molecule has 10 heteroatoms. The second-order valence-corrected chi connectivity index (χ2v) is 8.75. The zero-order valence-corrected chi connectivity index (χ0v) is 20.4. The Morgan fingerprint density at radius 1 is 0.972 bits per heavy atom. The van der Waals surface area contributed by atoms with Gasteiger partial charge in [0.05, 0.1) is 0 Å². The number of allylic oxidation sites excluding steroid dienone is 1. The molecule has 198 valence electrons. The molecule has 0 saturated carbocycles. The first kappa shape index (κ1) is 28.0. The summed E-state index contributed by atoms with van der Waals surface area (Å²) >= 11 is 0. The molecule has 0 spiro atoms. The molecule has 1 atom stereocenters. The van der Waals surface area contributed by atoms with Gasteiger partial charge in [0.1, 0.15) is 6.79 Å². The highest BCUT2D eigenvalue weighted by atomic mass is 19.4. The predicted molar refractivity (Wildman–Crippen MR) is 126 cm³/mol. The quantitative estimate of drug-likeness (QED) is 0.301. The molecule has 1 fully saturated rings. The zero-order valence-electron chi connectivity index (χ0n) is 20.4. The van der Waals surface area contributed by atoms with Crippen molar-refractivity contribution in [3.8, 4) is 0 Å². The summed E-state index contributed by atoms with van der Waals surface area (Å²) in [7, 11) is 0.963. The van der Waals surface area contributed by atoms with Gasteiger partial charge in [0, 0.05) is 50.6 Å². The van der Waals surface area contributed by atoms with Crippen LogP contribution in [0, 0.1) is 0 Å². The molecule has 4 nitrogen and oxygen atoms in total. The zero-order chi connectivity index (χ0) is 26.6. The molecule has 2 aromatic rings. The van der Waals surface area contributed by atoms with Gasteiger partial charge in [0.2, 0.25) is 0 Å². The molecule has 0 N–H and O–H groups in total. The van der Waals surface area contributed by atoms with Crippen molar-refractivity contribution in [2.24, 2.45) is 0 Å². The van der Waals surface area contributed by atoms with Gasteiger partial charge in [0.25, 0.3) is 5.60 Å². The number of ether oxygens (including phenoxy) is 2. The van der Waals surface area contributed by atoms with E-state index in [1.165, 1.54) is 17.7 Å². The highest BCUT2D eigenvalue weighted by Gasteiger charge is 2.73. The van der Waals surface area contributed by atoms with Crippen molar-refractivity contribution in [1.82, 2.24) is 4.90 Å². The number of methoxy groups -OCH3 is 1. The van der Waals surface area contributed by atoms with E-state index in [0.29, 0.717) is 25.3 Å². The number of nitrogens with zero attached hydrogens (tertiary/aromatic N) is 2. The number of benzene rings is 2. The summed E-state index contributed by atoms with van der Waals surface area (Å²) in [5.74, 6) is 0. The summed E-state index contributed by atoms with van der Waals surface area (Å²) in [6.07, 6.45) is -8.45. The molecule has 36 heavy (non-hydrogen) atoms. The normalized spacial score (nSPS) is 18.2. The molecule has 1 aliphatic heterocycles. The van der Waals surface area contributed by atoms with Crippen LogP contribution in [0.15, 0.2) is 54.6 Å². The Balaban J connectivity index is 1.95. The molecule has 3 rings (SSSR count). The van der Waals surface area contributed by atoms with Gasteiger partial charge in [0.15, 0.2) is 0 Å². The molecule has 0 amide bonds. The van der Waals surface area contributed by atoms with E-state index in [0.717, 1.165) is 25.8 Å². The maximum atomic E-state index is 14.0. The minimum Gasteiger partial charge on any atom is -0.368 e. The van der Waals surface area contributed by atoms with Crippen LogP contribution in [0.5, 0.6) is 0 Å². The second-order valence-electron chi connectivity index (χ2n) is 8.75. The van der Waals surface area contributed by atoms with E-state index < -0.39 is 30.3 Å². The average molecular weight is 517 g/mol. The lowest BCUT2D eigenvalue weighted by atomic mass is 9.89. The Labute approximate surface area is 207 Å². The third-order valence-electron chi connectivity index (χ3n) is 6.31. The van der Waals surface area contributed by atoms with E-state index in [1.807, 2.05) is 35.2 Å². The average Bonchev–Trinajstić information content (AvgIpc) is 2.80. The van der Waals surface area contributed by atoms with Crippen molar-refractivity contribution in [1.29, 1.82) is 0 Å². The van der Waals surface area contributed by atoms with Crippen LogP contribution in [-0.4, -0.2) is 56.8 Å². The van der Waals surface area contributed by atoms with Crippen LogP contribution < -0.4 is 4.90 Å². The molecule has 1 saturated heterocycles. The van der Waals surface area contributed by atoms with Gasteiger partial charge in [-0.2, -0.15) is 26.3 Å². The van der Waals surface area contributed by atoms with E-state index in [1.54, 1.807) is 13.0 Å². The summed E-state index contributed by atoms with van der Waals surface area (Å²) in [4.78, 5) is 4.29. The van der Waals surface area contributed by atoms with Crippen LogP contribution in [0.1, 0.15) is 30.5 Å². The first-order chi connectivity index (χ1) is 16.9. The number of rotatable bonds is 8. The third-order valence-corrected chi connectivity index (χ3v) is 6.31. The number of hydrogen-bond acceptors (Lipinski definition) is 4. The van der Waals surface area contributed by atoms with Gasteiger partial charge < -0.3 is 14.4 Å². The topological polar surface area (TPSA) is 24.9 Å². The Hall–Kier alpha value is -2.56. The van der Waals surface area contributed by atoms with E-state index >= 15 is 0 Å². The third kappa shape index (κ3) is 5.71. The smallest absolute Gasteiger partial charge is 0.368 e. The molecular formula is C26H30F6N2O2. The first-order valence-electron chi connectivity index (χ1n) is 11.5. The standard InChI is InChI=1S/C26H30F6N2O2/c1-4-8-21-15-22(24(25(27,28)29,26(30,31)32)36-18-35-3)11-12-23(21)34-14-13-33(19(2)16-34)17-20-9-6-5-7-10-20/h4-12,15,19H,13-14,16-18H2,1-3H3/t19-/m1/s1. The van der Waals surface area contributed by atoms with Crippen molar-refractivity contribution in [3.63, 3.8) is 0 Å². The number of anilines is 1. The molecule has 0 bridgehead atoms. The van der Waals surface area contributed by atoms with Crippen LogP contribution >= 0.6 is 0 Å². The fourth-order valence-electron chi connectivity index (χ4n) is 4.52. The lowest BCUT2D eigenvalue weighted by Crippen LogP contribution is -2.56. The number of halogens is 6. The molecule has 0 radical (unpaired) electrons. The predicted octanol–water partition coefficient (Wildman–Crippen LogP) is 6.37. The van der Waals surface area contributed by atoms with Gasteiger partial charge in [-0.15, -0.1) is 0 Å². The monoisotopic (exact) mass is 516 g/mol. The van der Waals surface area contributed by atoms with Crippen molar-refractivity contribution in [3.05, 3.63) is 71.3 Å². The lowest BCUT2D eigenvalue weighted by Gasteiger charge is -2.42. The van der Waals surface area contributed by atoms with Crippen LogP contribution in [0.4, 0.5) is 32.0 Å². The molecule has 2 aromatic carbocycles. The van der Waals surface area contributed by atoms with Gasteiger partial charge in [-0.25, -0.2) is 0 Å². The summed E-state index contributed by atoms with van der Waals surface area (Å²) < 4.78 is 92.8. The molecule has 1 heterocycles. The summed E-state index contributed by atoms with van der Waals surface area (Å²) in [5, 5.41) is 0. The Morgan fingerprint density at radius 2 is 1.64 bits per heavy atom. The highest BCUT2D eigenvalue weighted by Crippen LogP contribution is 2.53. The van der Waals surface area contributed by atoms with Crippen LogP contribution in [-0.2, 0) is 21.6 Å². The SMILES string of the molecule is CC=Cc1cc(C(OCOC)(C(F)(F)F)C(F)(F)F)ccc1N1CCN(Cc2ccccc2)[C@H](C)C1. The van der Waals surface area contributed by atoms with Crippen molar-refractivity contribution in [2.45, 2.75) is 44.4 Å². The second kappa shape index (κ2) is 11.2. The Kier molecular flexibility index (Phi) is 8.74. The maximum Gasteiger partial charge on any atom is 0.430 e. The van der Waals surface area contributed by atoms with E-state index in [9.17, 15) is 26.3 Å². The molecule has 0 aromatic heterocycles. The van der Waals surface area contributed by atoms with E-state index in [2.05, 4.69) is 21.3 Å². The summed E-state index contributed by atoms with van der Waals surface area (Å²) in [6.45, 7) is 5.12. The molecule has 1 aliphatic rings. The van der Waals surface area contributed by atoms with Gasteiger partial charge >= 0.3 is 12.4 Å². The minimum atomic E-state index is -5.77. The number of piperazine rings is 1.